The van der Waals surface area contributed by atoms with Gasteiger partial charge in [-0.2, -0.15) is 0 Å². The quantitative estimate of drug-likeness (QED) is 0.739. The SMILES string of the molecule is Cc1ccc(CNC(=O)c2ccc(C(=O)Nc3cc(C)on3)cc2)cc1. The van der Waals surface area contributed by atoms with Gasteiger partial charge in [-0.15, -0.1) is 0 Å². The third-order valence-corrected chi connectivity index (χ3v) is 3.85. The van der Waals surface area contributed by atoms with E-state index in [-0.39, 0.29) is 11.8 Å². The molecule has 0 saturated heterocycles. The zero-order valence-electron chi connectivity index (χ0n) is 14.6. The maximum atomic E-state index is 12.2. The van der Waals surface area contributed by atoms with Crippen molar-refractivity contribution in [2.75, 3.05) is 5.32 Å². The van der Waals surface area contributed by atoms with Crippen molar-refractivity contribution < 1.29 is 14.1 Å². The Bertz CT molecular complexity index is 912. The van der Waals surface area contributed by atoms with Crippen LogP contribution in [0.4, 0.5) is 5.82 Å². The van der Waals surface area contributed by atoms with Gasteiger partial charge in [-0.25, -0.2) is 0 Å². The van der Waals surface area contributed by atoms with Crippen LogP contribution >= 0.6 is 0 Å². The molecule has 0 saturated carbocycles. The van der Waals surface area contributed by atoms with Gasteiger partial charge >= 0.3 is 0 Å². The third-order valence-electron chi connectivity index (χ3n) is 3.85. The highest BCUT2D eigenvalue weighted by molar-refractivity contribution is 6.04. The first-order valence-electron chi connectivity index (χ1n) is 8.20. The molecule has 6 heteroatoms. The van der Waals surface area contributed by atoms with Crippen LogP contribution < -0.4 is 10.6 Å². The number of nitrogens with one attached hydrogen (secondary N) is 2. The zero-order chi connectivity index (χ0) is 18.5. The molecule has 2 amide bonds. The molecule has 0 atom stereocenters. The molecule has 2 N–H and O–H groups in total. The van der Waals surface area contributed by atoms with Crippen molar-refractivity contribution >= 4 is 17.6 Å². The average molecular weight is 349 g/mol. The van der Waals surface area contributed by atoms with Gasteiger partial charge in [-0.05, 0) is 43.7 Å². The van der Waals surface area contributed by atoms with Crippen LogP contribution in [0.2, 0.25) is 0 Å². The van der Waals surface area contributed by atoms with E-state index in [9.17, 15) is 9.59 Å². The Morgan fingerprint density at radius 2 is 1.54 bits per heavy atom. The molecule has 0 unspecified atom stereocenters. The van der Waals surface area contributed by atoms with Gasteiger partial charge in [0.1, 0.15) is 5.76 Å². The maximum absolute atomic E-state index is 12.2. The highest BCUT2D eigenvalue weighted by Gasteiger charge is 2.11. The number of benzene rings is 2. The normalized spacial score (nSPS) is 10.4. The first kappa shape index (κ1) is 17.4. The average Bonchev–Trinajstić information content (AvgIpc) is 3.06. The van der Waals surface area contributed by atoms with Crippen LogP contribution in [-0.2, 0) is 6.54 Å². The van der Waals surface area contributed by atoms with Crippen molar-refractivity contribution in [1.82, 2.24) is 10.5 Å². The summed E-state index contributed by atoms with van der Waals surface area (Å²) < 4.78 is 4.90. The molecule has 0 fully saturated rings. The fourth-order valence-electron chi connectivity index (χ4n) is 2.38. The van der Waals surface area contributed by atoms with Crippen molar-refractivity contribution in [1.29, 1.82) is 0 Å². The minimum Gasteiger partial charge on any atom is -0.360 e. The van der Waals surface area contributed by atoms with E-state index in [0.29, 0.717) is 29.2 Å². The van der Waals surface area contributed by atoms with E-state index in [4.69, 9.17) is 4.52 Å². The zero-order valence-corrected chi connectivity index (χ0v) is 14.6. The van der Waals surface area contributed by atoms with E-state index in [0.717, 1.165) is 5.56 Å². The van der Waals surface area contributed by atoms with Crippen molar-refractivity contribution in [3.05, 3.63) is 82.6 Å². The summed E-state index contributed by atoms with van der Waals surface area (Å²) in [7, 11) is 0. The standard InChI is InChI=1S/C20H19N3O3/c1-13-3-5-15(6-4-13)12-21-19(24)16-7-9-17(10-8-16)20(25)22-18-11-14(2)26-23-18/h3-11H,12H2,1-2H3,(H,21,24)(H,22,23,25). The lowest BCUT2D eigenvalue weighted by Crippen LogP contribution is -2.23. The van der Waals surface area contributed by atoms with Crippen molar-refractivity contribution in [2.24, 2.45) is 0 Å². The smallest absolute Gasteiger partial charge is 0.256 e. The Kier molecular flexibility index (Phi) is 5.12. The molecular weight excluding hydrogens is 330 g/mol. The molecule has 26 heavy (non-hydrogen) atoms. The number of amides is 2. The number of nitrogens with zero attached hydrogens (tertiary/aromatic N) is 1. The predicted molar refractivity (Wildman–Crippen MR) is 98.0 cm³/mol. The summed E-state index contributed by atoms with van der Waals surface area (Å²) in [6.07, 6.45) is 0. The fourth-order valence-corrected chi connectivity index (χ4v) is 2.38. The summed E-state index contributed by atoms with van der Waals surface area (Å²) in [5.74, 6) is 0.461. The molecule has 1 aromatic heterocycles. The van der Waals surface area contributed by atoms with E-state index < -0.39 is 0 Å². The van der Waals surface area contributed by atoms with E-state index in [1.165, 1.54) is 5.56 Å². The molecule has 0 bridgehead atoms. The molecule has 0 aliphatic heterocycles. The topological polar surface area (TPSA) is 84.2 Å². The van der Waals surface area contributed by atoms with Crippen LogP contribution in [0.3, 0.4) is 0 Å². The van der Waals surface area contributed by atoms with Crippen LogP contribution in [0.25, 0.3) is 0 Å². The van der Waals surface area contributed by atoms with Gasteiger partial charge in [0.05, 0.1) is 0 Å². The van der Waals surface area contributed by atoms with Gasteiger partial charge in [0.25, 0.3) is 11.8 Å². The summed E-state index contributed by atoms with van der Waals surface area (Å²) in [5.41, 5.74) is 3.13. The second kappa shape index (κ2) is 7.65. The van der Waals surface area contributed by atoms with E-state index in [1.807, 2.05) is 31.2 Å². The molecule has 1 heterocycles. The Labute approximate surface area is 151 Å². The second-order valence-corrected chi connectivity index (χ2v) is 6.02. The minimum absolute atomic E-state index is 0.190. The number of carbonyl (C=O) groups is 2. The van der Waals surface area contributed by atoms with Gasteiger partial charge in [-0.1, -0.05) is 35.0 Å². The predicted octanol–water partition coefficient (Wildman–Crippen LogP) is 3.47. The third kappa shape index (κ3) is 4.36. The molecule has 6 nitrogen and oxygen atoms in total. The van der Waals surface area contributed by atoms with Crippen molar-refractivity contribution in [2.45, 2.75) is 20.4 Å². The largest absolute Gasteiger partial charge is 0.360 e. The maximum Gasteiger partial charge on any atom is 0.256 e. The monoisotopic (exact) mass is 349 g/mol. The molecule has 0 radical (unpaired) electrons. The number of aromatic nitrogens is 1. The Morgan fingerprint density at radius 3 is 2.12 bits per heavy atom. The lowest BCUT2D eigenvalue weighted by atomic mass is 10.1. The first-order chi connectivity index (χ1) is 12.5. The number of hydrogen-bond acceptors (Lipinski definition) is 4. The lowest BCUT2D eigenvalue weighted by Gasteiger charge is -2.07. The van der Waals surface area contributed by atoms with Gasteiger partial charge in [0.15, 0.2) is 5.82 Å². The summed E-state index contributed by atoms with van der Waals surface area (Å²) in [6.45, 7) is 4.21. The van der Waals surface area contributed by atoms with Crippen LogP contribution in [0.1, 0.15) is 37.6 Å². The number of anilines is 1. The molecule has 0 aliphatic carbocycles. The molecule has 2 aromatic carbocycles. The molecular formula is C20H19N3O3. The highest BCUT2D eigenvalue weighted by atomic mass is 16.5. The summed E-state index contributed by atoms with van der Waals surface area (Å²) in [4.78, 5) is 24.4. The van der Waals surface area contributed by atoms with Crippen LogP contribution in [-0.4, -0.2) is 17.0 Å². The van der Waals surface area contributed by atoms with Crippen molar-refractivity contribution in [3.63, 3.8) is 0 Å². The highest BCUT2D eigenvalue weighted by Crippen LogP contribution is 2.11. The number of carbonyl (C=O) groups excluding carboxylic acids is 2. The fraction of sp³-hybridized carbons (Fsp3) is 0.150. The molecule has 132 valence electrons. The first-order valence-corrected chi connectivity index (χ1v) is 8.20. The van der Waals surface area contributed by atoms with Gasteiger partial charge in [0, 0.05) is 23.7 Å². The molecule has 0 spiro atoms. The molecule has 3 rings (SSSR count). The van der Waals surface area contributed by atoms with Gasteiger partial charge < -0.3 is 15.2 Å². The Hall–Kier alpha value is -3.41. The van der Waals surface area contributed by atoms with Gasteiger partial charge in [0.2, 0.25) is 0 Å². The van der Waals surface area contributed by atoms with E-state index in [1.54, 1.807) is 37.3 Å². The van der Waals surface area contributed by atoms with Crippen molar-refractivity contribution in [3.8, 4) is 0 Å². The molecule has 0 aliphatic rings. The summed E-state index contributed by atoms with van der Waals surface area (Å²) >= 11 is 0. The van der Waals surface area contributed by atoms with Crippen LogP contribution in [0.5, 0.6) is 0 Å². The minimum atomic E-state index is -0.315. The Morgan fingerprint density at radius 1 is 0.923 bits per heavy atom. The second-order valence-electron chi connectivity index (χ2n) is 6.02. The van der Waals surface area contributed by atoms with Crippen LogP contribution in [0.15, 0.2) is 59.1 Å². The van der Waals surface area contributed by atoms with Crippen LogP contribution in [0, 0.1) is 13.8 Å². The molecule has 3 aromatic rings. The summed E-state index contributed by atoms with van der Waals surface area (Å²) in [6, 6.07) is 16.0. The van der Waals surface area contributed by atoms with E-state index >= 15 is 0 Å². The Balaban J connectivity index is 1.58. The summed E-state index contributed by atoms with van der Waals surface area (Å²) in [5, 5.41) is 9.21. The number of hydrogen-bond donors (Lipinski definition) is 2. The van der Waals surface area contributed by atoms with Gasteiger partial charge in [-0.3, -0.25) is 9.59 Å². The lowest BCUT2D eigenvalue weighted by molar-refractivity contribution is 0.0949. The number of rotatable bonds is 5. The number of aryl methyl sites for hydroxylation is 2. The van der Waals surface area contributed by atoms with E-state index in [2.05, 4.69) is 15.8 Å².